The van der Waals surface area contributed by atoms with Crippen LogP contribution in [0.1, 0.15) is 24.0 Å². The van der Waals surface area contributed by atoms with Gasteiger partial charge in [-0.2, -0.15) is 24.9 Å². The molecule has 1 amide bonds. The minimum atomic E-state index is -4.46. The molecule has 0 aromatic heterocycles. The van der Waals surface area contributed by atoms with Gasteiger partial charge in [-0.3, -0.25) is 4.79 Å². The van der Waals surface area contributed by atoms with Crippen molar-refractivity contribution >= 4 is 28.9 Å². The molecule has 0 saturated carbocycles. The zero-order valence-corrected chi connectivity index (χ0v) is 11.3. The maximum absolute atomic E-state index is 13.0. The highest BCUT2D eigenvalue weighted by molar-refractivity contribution is 7.99. The number of carbonyl (C=O) groups excluding carboxylic acids is 1. The molecule has 0 spiro atoms. The van der Waals surface area contributed by atoms with Crippen molar-refractivity contribution in [1.82, 2.24) is 0 Å². The van der Waals surface area contributed by atoms with Crippen molar-refractivity contribution in [2.24, 2.45) is 0 Å². The van der Waals surface area contributed by atoms with E-state index in [0.717, 1.165) is 36.0 Å². The van der Waals surface area contributed by atoms with Crippen LogP contribution < -0.4 is 5.32 Å². The number of allylic oxidation sites excluding steroid dienone is 1. The average Bonchev–Trinajstić information content (AvgIpc) is 2.74. The molecular formula is C14H12F3NOS. The Bertz CT molecular complexity index is 599. The maximum atomic E-state index is 13.0. The van der Waals surface area contributed by atoms with Crippen molar-refractivity contribution in [2.75, 3.05) is 16.8 Å². The van der Waals surface area contributed by atoms with E-state index >= 15 is 0 Å². The Labute approximate surface area is 118 Å². The van der Waals surface area contributed by atoms with Gasteiger partial charge < -0.3 is 5.32 Å². The van der Waals surface area contributed by atoms with Gasteiger partial charge in [0.1, 0.15) is 0 Å². The lowest BCUT2D eigenvalue weighted by atomic mass is 9.96. The molecule has 2 heterocycles. The third-order valence-electron chi connectivity index (χ3n) is 3.55. The smallest absolute Gasteiger partial charge is 0.321 e. The van der Waals surface area contributed by atoms with Crippen LogP contribution in [0.15, 0.2) is 23.8 Å². The molecule has 20 heavy (non-hydrogen) atoms. The van der Waals surface area contributed by atoms with Crippen LogP contribution in [-0.2, 0) is 11.0 Å². The van der Waals surface area contributed by atoms with E-state index in [4.69, 9.17) is 0 Å². The van der Waals surface area contributed by atoms with Gasteiger partial charge in [0.05, 0.1) is 11.3 Å². The summed E-state index contributed by atoms with van der Waals surface area (Å²) in [5.41, 5.74) is 0.951. The Hall–Kier alpha value is -1.43. The minimum absolute atomic E-state index is 0.0919. The van der Waals surface area contributed by atoms with Crippen LogP contribution in [0.25, 0.3) is 5.57 Å². The summed E-state index contributed by atoms with van der Waals surface area (Å²) in [5.74, 6) is 1.43. The van der Waals surface area contributed by atoms with Gasteiger partial charge in [-0.1, -0.05) is 17.7 Å². The predicted octanol–water partition coefficient (Wildman–Crippen LogP) is 3.94. The molecule has 0 bridgehead atoms. The lowest BCUT2D eigenvalue weighted by molar-refractivity contribution is -0.136. The summed E-state index contributed by atoms with van der Waals surface area (Å²) in [6.45, 7) is 0. The summed E-state index contributed by atoms with van der Waals surface area (Å²) in [6, 6.07) is 3.95. The van der Waals surface area contributed by atoms with Crippen LogP contribution in [0.2, 0.25) is 0 Å². The summed E-state index contributed by atoms with van der Waals surface area (Å²) in [4.78, 5) is 12.1. The van der Waals surface area contributed by atoms with Crippen LogP contribution >= 0.6 is 11.8 Å². The summed E-state index contributed by atoms with van der Waals surface area (Å²) in [5, 5.41) is 2.40. The van der Waals surface area contributed by atoms with Crippen LogP contribution in [0.4, 0.5) is 18.9 Å². The minimum Gasteiger partial charge on any atom is -0.321 e. The Morgan fingerprint density at radius 2 is 1.85 bits per heavy atom. The van der Waals surface area contributed by atoms with Crippen LogP contribution in [0, 0.1) is 0 Å². The van der Waals surface area contributed by atoms with Crippen molar-refractivity contribution < 1.29 is 18.0 Å². The largest absolute Gasteiger partial charge is 0.418 e. The van der Waals surface area contributed by atoms with Gasteiger partial charge in [0.2, 0.25) is 0 Å². The topological polar surface area (TPSA) is 29.1 Å². The molecule has 0 radical (unpaired) electrons. The van der Waals surface area contributed by atoms with E-state index < -0.39 is 17.6 Å². The maximum Gasteiger partial charge on any atom is 0.418 e. The third-order valence-corrected chi connectivity index (χ3v) is 4.54. The van der Waals surface area contributed by atoms with Crippen LogP contribution in [-0.4, -0.2) is 17.4 Å². The summed E-state index contributed by atoms with van der Waals surface area (Å²) >= 11 is 1.80. The van der Waals surface area contributed by atoms with Crippen molar-refractivity contribution in [3.05, 3.63) is 34.9 Å². The number of hydrogen-bond donors (Lipinski definition) is 1. The number of rotatable bonds is 0. The first-order valence-corrected chi connectivity index (χ1v) is 7.45. The number of hydrogen-bond acceptors (Lipinski definition) is 2. The highest BCUT2D eigenvalue weighted by atomic mass is 32.2. The Morgan fingerprint density at radius 3 is 2.50 bits per heavy atom. The van der Waals surface area contributed by atoms with Crippen molar-refractivity contribution in [2.45, 2.75) is 19.0 Å². The quantitative estimate of drug-likeness (QED) is 0.735. The van der Waals surface area contributed by atoms with E-state index in [1.54, 1.807) is 17.8 Å². The molecule has 0 atom stereocenters. The zero-order valence-electron chi connectivity index (χ0n) is 10.5. The number of thioether (sulfide) groups is 1. The number of alkyl halides is 3. The highest BCUT2D eigenvalue weighted by Crippen LogP contribution is 2.44. The molecule has 1 aromatic carbocycles. The number of carbonyl (C=O) groups is 1. The lowest BCUT2D eigenvalue weighted by Gasteiger charge is -2.16. The normalized spacial score (nSPS) is 19.1. The van der Waals surface area contributed by atoms with Gasteiger partial charge in [0.25, 0.3) is 5.91 Å². The molecule has 106 valence electrons. The van der Waals surface area contributed by atoms with Crippen molar-refractivity contribution in [3.8, 4) is 0 Å². The highest BCUT2D eigenvalue weighted by Gasteiger charge is 2.39. The molecule has 0 unspecified atom stereocenters. The second-order valence-electron chi connectivity index (χ2n) is 4.77. The van der Waals surface area contributed by atoms with Gasteiger partial charge in [-0.05, 0) is 30.4 Å². The average molecular weight is 299 g/mol. The second kappa shape index (κ2) is 4.84. The Kier molecular flexibility index (Phi) is 3.28. The Morgan fingerprint density at radius 1 is 1.15 bits per heavy atom. The van der Waals surface area contributed by atoms with E-state index in [2.05, 4.69) is 5.32 Å². The molecule has 3 rings (SSSR count). The van der Waals surface area contributed by atoms with Gasteiger partial charge in [0, 0.05) is 11.1 Å². The number of fused-ring (bicyclic) bond motifs is 1. The molecule has 6 heteroatoms. The van der Waals surface area contributed by atoms with Gasteiger partial charge in [-0.25, -0.2) is 0 Å². The number of para-hydroxylation sites is 1. The standard InChI is InChI=1S/C14H12F3NOS/c15-14(16,17)10-3-1-2-9-11(13(19)18-12(9)10)8-4-6-20-7-5-8/h1-3H,4-7H2,(H,18,19). The van der Waals surface area contributed by atoms with Crippen molar-refractivity contribution in [3.63, 3.8) is 0 Å². The fraction of sp³-hybridized carbons (Fsp3) is 0.357. The molecule has 2 nitrogen and oxygen atoms in total. The molecule has 0 aliphatic carbocycles. The van der Waals surface area contributed by atoms with Gasteiger partial charge >= 0.3 is 6.18 Å². The second-order valence-corrected chi connectivity index (χ2v) is 6.00. The van der Waals surface area contributed by atoms with Gasteiger partial charge in [0.15, 0.2) is 0 Å². The van der Waals surface area contributed by atoms with Crippen LogP contribution in [0.5, 0.6) is 0 Å². The zero-order chi connectivity index (χ0) is 14.3. The fourth-order valence-corrected chi connectivity index (χ4v) is 3.63. The Balaban J connectivity index is 2.14. The van der Waals surface area contributed by atoms with E-state index in [1.807, 2.05) is 0 Å². The molecule has 2 aliphatic heterocycles. The molecular weight excluding hydrogens is 287 g/mol. The van der Waals surface area contributed by atoms with E-state index in [-0.39, 0.29) is 5.69 Å². The molecule has 1 saturated heterocycles. The number of amides is 1. The molecule has 1 fully saturated rings. The summed E-state index contributed by atoms with van der Waals surface area (Å²) in [6.07, 6.45) is -2.92. The first kappa shape index (κ1) is 13.5. The van der Waals surface area contributed by atoms with E-state index in [1.165, 1.54) is 6.07 Å². The van der Waals surface area contributed by atoms with Crippen molar-refractivity contribution in [1.29, 1.82) is 0 Å². The molecule has 2 aliphatic rings. The van der Waals surface area contributed by atoms with Crippen LogP contribution in [0.3, 0.4) is 0 Å². The summed E-state index contributed by atoms with van der Waals surface area (Å²) < 4.78 is 38.9. The monoisotopic (exact) mass is 299 g/mol. The predicted molar refractivity (Wildman–Crippen MR) is 73.6 cm³/mol. The first-order chi connectivity index (χ1) is 9.48. The van der Waals surface area contributed by atoms with Gasteiger partial charge in [-0.15, -0.1) is 0 Å². The number of benzene rings is 1. The first-order valence-electron chi connectivity index (χ1n) is 6.30. The lowest BCUT2D eigenvalue weighted by Crippen LogP contribution is -2.11. The molecule has 1 aromatic rings. The number of halogens is 3. The van der Waals surface area contributed by atoms with E-state index in [0.29, 0.717) is 11.1 Å². The number of nitrogens with one attached hydrogen (secondary N) is 1. The summed E-state index contributed by atoms with van der Waals surface area (Å²) in [7, 11) is 0. The van der Waals surface area contributed by atoms with E-state index in [9.17, 15) is 18.0 Å². The SMILES string of the molecule is O=C1Nc2c(cccc2C(F)(F)F)C1=C1CCSCC1. The fourth-order valence-electron chi connectivity index (χ4n) is 2.65. The third kappa shape index (κ3) is 2.22. The molecule has 1 N–H and O–H groups in total. The number of anilines is 1.